The number of carbonyl (C=O) groups excluding carboxylic acids is 1. The number of aromatic carboxylic acids is 1. The number of aromatic nitrogens is 2. The van der Waals surface area contributed by atoms with Crippen LogP contribution in [-0.4, -0.2) is 27.2 Å². The van der Waals surface area contributed by atoms with Crippen molar-refractivity contribution < 1.29 is 14.7 Å². The molecule has 0 aliphatic heterocycles. The molecule has 2 N–H and O–H groups in total. The quantitative estimate of drug-likeness (QED) is 0.904. The number of carboxylic acids is 1. The molecule has 0 saturated carbocycles. The summed E-state index contributed by atoms with van der Waals surface area (Å²) < 4.78 is 0. The molecule has 1 heterocycles. The van der Waals surface area contributed by atoms with Gasteiger partial charge in [-0.2, -0.15) is 0 Å². The number of benzene rings is 1. The third-order valence-corrected chi connectivity index (χ3v) is 3.16. The van der Waals surface area contributed by atoms with Crippen molar-refractivity contribution >= 4 is 40.8 Å². The second-order valence-electron chi connectivity index (χ2n) is 4.16. The van der Waals surface area contributed by atoms with E-state index in [9.17, 15) is 9.59 Å². The predicted molar refractivity (Wildman–Crippen MR) is 78.1 cm³/mol. The Labute approximate surface area is 129 Å². The van der Waals surface area contributed by atoms with Crippen molar-refractivity contribution in [2.24, 2.45) is 0 Å². The van der Waals surface area contributed by atoms with Crippen LogP contribution in [0.5, 0.6) is 0 Å². The Morgan fingerprint density at radius 1 is 1.19 bits per heavy atom. The van der Waals surface area contributed by atoms with Gasteiger partial charge in [0.15, 0.2) is 10.3 Å². The van der Waals surface area contributed by atoms with E-state index in [0.29, 0.717) is 11.3 Å². The maximum Gasteiger partial charge on any atom is 0.335 e. The third kappa shape index (κ3) is 3.48. The fourth-order valence-corrected chi connectivity index (χ4v) is 1.92. The van der Waals surface area contributed by atoms with Crippen LogP contribution in [0, 0.1) is 6.92 Å². The van der Waals surface area contributed by atoms with Crippen molar-refractivity contribution in [2.45, 2.75) is 6.92 Å². The van der Waals surface area contributed by atoms with E-state index in [1.807, 2.05) is 0 Å². The van der Waals surface area contributed by atoms with E-state index in [1.54, 1.807) is 13.0 Å². The van der Waals surface area contributed by atoms with Gasteiger partial charge in [0.2, 0.25) is 0 Å². The largest absolute Gasteiger partial charge is 0.478 e. The molecule has 108 valence electrons. The summed E-state index contributed by atoms with van der Waals surface area (Å²) >= 11 is 11.5. The van der Waals surface area contributed by atoms with E-state index < -0.39 is 11.9 Å². The van der Waals surface area contributed by atoms with Gasteiger partial charge in [-0.05, 0) is 30.7 Å². The Balaban J connectivity index is 2.33. The molecular formula is C13H9Cl2N3O3. The van der Waals surface area contributed by atoms with E-state index >= 15 is 0 Å². The van der Waals surface area contributed by atoms with Crippen LogP contribution in [0.25, 0.3) is 0 Å². The van der Waals surface area contributed by atoms with Crippen LogP contribution < -0.4 is 5.32 Å². The highest BCUT2D eigenvalue weighted by Crippen LogP contribution is 2.21. The maximum atomic E-state index is 12.2. The second-order valence-corrected chi connectivity index (χ2v) is 4.91. The van der Waals surface area contributed by atoms with Crippen LogP contribution in [0.4, 0.5) is 5.69 Å². The molecule has 2 rings (SSSR count). The Morgan fingerprint density at radius 2 is 1.90 bits per heavy atom. The Kier molecular flexibility index (Phi) is 4.40. The normalized spacial score (nSPS) is 10.2. The number of hydrogen-bond donors (Lipinski definition) is 2. The summed E-state index contributed by atoms with van der Waals surface area (Å²) in [6.07, 6.45) is 0. The number of carbonyl (C=O) groups is 2. The van der Waals surface area contributed by atoms with Gasteiger partial charge in [0.25, 0.3) is 5.91 Å². The molecule has 21 heavy (non-hydrogen) atoms. The van der Waals surface area contributed by atoms with Crippen LogP contribution in [0.3, 0.4) is 0 Å². The van der Waals surface area contributed by atoms with Crippen LogP contribution in [-0.2, 0) is 0 Å². The minimum absolute atomic E-state index is 0.0283. The standard InChI is InChI=1S/C13H9Cl2N3O3/c1-6-2-3-7(13(20)21)4-9(6)16-12(19)8-5-10(14)17-18-11(8)15/h2-5H,1H3,(H,16,19)(H,20,21). The highest BCUT2D eigenvalue weighted by atomic mass is 35.5. The predicted octanol–water partition coefficient (Wildman–Crippen LogP) is 3.04. The van der Waals surface area contributed by atoms with Gasteiger partial charge in [-0.3, -0.25) is 4.79 Å². The van der Waals surface area contributed by atoms with Gasteiger partial charge < -0.3 is 10.4 Å². The lowest BCUT2D eigenvalue weighted by atomic mass is 10.1. The summed E-state index contributed by atoms with van der Waals surface area (Å²) in [5, 5.41) is 18.5. The average Bonchev–Trinajstić information content (AvgIpc) is 2.43. The minimum Gasteiger partial charge on any atom is -0.478 e. The number of anilines is 1. The smallest absolute Gasteiger partial charge is 0.335 e. The molecule has 0 aliphatic rings. The molecule has 0 saturated heterocycles. The first-order valence-corrected chi connectivity index (χ1v) is 6.48. The molecule has 1 aromatic heterocycles. The highest BCUT2D eigenvalue weighted by Gasteiger charge is 2.15. The first-order chi connectivity index (χ1) is 9.88. The maximum absolute atomic E-state index is 12.2. The summed E-state index contributed by atoms with van der Waals surface area (Å²) in [4.78, 5) is 23.1. The number of aryl methyl sites for hydroxylation is 1. The van der Waals surface area contributed by atoms with Crippen LogP contribution in [0.2, 0.25) is 10.3 Å². The topological polar surface area (TPSA) is 92.2 Å². The number of hydrogen-bond acceptors (Lipinski definition) is 4. The molecule has 2 aromatic rings. The lowest BCUT2D eigenvalue weighted by Crippen LogP contribution is -2.15. The number of rotatable bonds is 3. The molecule has 0 fully saturated rings. The Hall–Kier alpha value is -2.18. The molecule has 1 amide bonds. The first-order valence-electron chi connectivity index (χ1n) is 5.72. The summed E-state index contributed by atoms with van der Waals surface area (Å²) in [6, 6.07) is 5.69. The van der Waals surface area contributed by atoms with Crippen molar-refractivity contribution in [1.82, 2.24) is 10.2 Å². The lowest BCUT2D eigenvalue weighted by molar-refractivity contribution is 0.0696. The molecule has 0 atom stereocenters. The van der Waals surface area contributed by atoms with Crippen molar-refractivity contribution in [3.05, 3.63) is 51.3 Å². The Morgan fingerprint density at radius 3 is 2.57 bits per heavy atom. The van der Waals surface area contributed by atoms with Gasteiger partial charge >= 0.3 is 5.97 Å². The van der Waals surface area contributed by atoms with Crippen molar-refractivity contribution in [2.75, 3.05) is 5.32 Å². The van der Waals surface area contributed by atoms with Gasteiger partial charge in [-0.15, -0.1) is 10.2 Å². The summed E-state index contributed by atoms with van der Waals surface area (Å²) in [5.41, 5.74) is 1.19. The number of carboxylic acid groups (broad SMARTS) is 1. The van der Waals surface area contributed by atoms with Crippen molar-refractivity contribution in [3.63, 3.8) is 0 Å². The number of halogens is 2. The summed E-state index contributed by atoms with van der Waals surface area (Å²) in [6.45, 7) is 1.74. The average molecular weight is 326 g/mol. The fourth-order valence-electron chi connectivity index (χ4n) is 1.59. The van der Waals surface area contributed by atoms with Gasteiger partial charge in [0.1, 0.15) is 0 Å². The molecule has 0 spiro atoms. The van der Waals surface area contributed by atoms with Gasteiger partial charge in [0, 0.05) is 5.69 Å². The molecule has 8 heteroatoms. The zero-order valence-electron chi connectivity index (χ0n) is 10.7. The molecule has 6 nitrogen and oxygen atoms in total. The van der Waals surface area contributed by atoms with Crippen molar-refractivity contribution in [1.29, 1.82) is 0 Å². The number of amides is 1. The van der Waals surface area contributed by atoms with E-state index in [1.165, 1.54) is 18.2 Å². The lowest BCUT2D eigenvalue weighted by Gasteiger charge is -2.10. The first kappa shape index (κ1) is 15.2. The molecule has 1 aromatic carbocycles. The minimum atomic E-state index is -1.09. The molecule has 0 unspecified atom stereocenters. The van der Waals surface area contributed by atoms with E-state index in [-0.39, 0.29) is 21.4 Å². The van der Waals surface area contributed by atoms with E-state index in [4.69, 9.17) is 28.3 Å². The summed E-state index contributed by atoms with van der Waals surface area (Å²) in [5.74, 6) is -1.64. The van der Waals surface area contributed by atoms with E-state index in [2.05, 4.69) is 15.5 Å². The van der Waals surface area contributed by atoms with E-state index in [0.717, 1.165) is 0 Å². The van der Waals surface area contributed by atoms with Gasteiger partial charge in [-0.25, -0.2) is 4.79 Å². The van der Waals surface area contributed by atoms with Crippen molar-refractivity contribution in [3.8, 4) is 0 Å². The highest BCUT2D eigenvalue weighted by molar-refractivity contribution is 6.34. The number of nitrogens with zero attached hydrogens (tertiary/aromatic N) is 2. The monoisotopic (exact) mass is 325 g/mol. The molecule has 0 radical (unpaired) electrons. The molecular weight excluding hydrogens is 317 g/mol. The second kappa shape index (κ2) is 6.07. The van der Waals surface area contributed by atoms with Crippen LogP contribution in [0.1, 0.15) is 26.3 Å². The zero-order valence-corrected chi connectivity index (χ0v) is 12.2. The summed E-state index contributed by atoms with van der Waals surface area (Å²) in [7, 11) is 0. The molecule has 0 bridgehead atoms. The van der Waals surface area contributed by atoms with Gasteiger partial charge in [-0.1, -0.05) is 29.3 Å². The molecule has 0 aliphatic carbocycles. The third-order valence-electron chi connectivity index (χ3n) is 2.70. The number of nitrogens with one attached hydrogen (secondary N) is 1. The zero-order chi connectivity index (χ0) is 15.6. The SMILES string of the molecule is Cc1ccc(C(=O)O)cc1NC(=O)c1cc(Cl)nnc1Cl. The van der Waals surface area contributed by atoms with Crippen LogP contribution >= 0.6 is 23.2 Å². The fraction of sp³-hybridized carbons (Fsp3) is 0.0769. The van der Waals surface area contributed by atoms with Crippen LogP contribution in [0.15, 0.2) is 24.3 Å². The Bertz CT molecular complexity index is 735. The van der Waals surface area contributed by atoms with Gasteiger partial charge in [0.05, 0.1) is 11.1 Å².